The van der Waals surface area contributed by atoms with E-state index < -0.39 is 5.97 Å². The van der Waals surface area contributed by atoms with Crippen molar-refractivity contribution in [1.82, 2.24) is 4.98 Å². The smallest absolute Gasteiger partial charge is 0.339 e. The summed E-state index contributed by atoms with van der Waals surface area (Å²) in [5, 5.41) is 9.29. The fourth-order valence-electron chi connectivity index (χ4n) is 1.63. The van der Waals surface area contributed by atoms with Crippen molar-refractivity contribution in [2.24, 2.45) is 0 Å². The molecule has 0 aliphatic carbocycles. The molecule has 1 aromatic rings. The standard InChI is InChI=1S/C12H18N2O2/c1-12(2,3)8-6-7-13-10(14(4)5)9(8)11(15)16/h6-7H,1-5H3,(H,15,16). The predicted octanol–water partition coefficient (Wildman–Crippen LogP) is 2.14. The first-order chi connectivity index (χ1) is 7.25. The molecule has 0 spiro atoms. The minimum Gasteiger partial charge on any atom is -0.478 e. The van der Waals surface area contributed by atoms with E-state index in [1.54, 1.807) is 31.3 Å². The highest BCUT2D eigenvalue weighted by Crippen LogP contribution is 2.30. The molecule has 0 atom stereocenters. The van der Waals surface area contributed by atoms with Crippen LogP contribution in [-0.4, -0.2) is 30.2 Å². The zero-order valence-electron chi connectivity index (χ0n) is 10.4. The first-order valence-electron chi connectivity index (χ1n) is 5.15. The fourth-order valence-corrected chi connectivity index (χ4v) is 1.63. The van der Waals surface area contributed by atoms with Gasteiger partial charge in [0.25, 0.3) is 0 Å². The number of carboxylic acid groups (broad SMARTS) is 1. The first kappa shape index (κ1) is 12.5. The number of rotatable bonds is 2. The van der Waals surface area contributed by atoms with Gasteiger partial charge in [-0.2, -0.15) is 0 Å². The number of aromatic carboxylic acids is 1. The number of carbonyl (C=O) groups is 1. The zero-order chi connectivity index (χ0) is 12.5. The molecule has 1 aromatic heterocycles. The molecule has 0 amide bonds. The molecule has 16 heavy (non-hydrogen) atoms. The zero-order valence-corrected chi connectivity index (χ0v) is 10.4. The van der Waals surface area contributed by atoms with Gasteiger partial charge in [0.1, 0.15) is 11.4 Å². The quantitative estimate of drug-likeness (QED) is 0.833. The Bertz CT molecular complexity index is 406. The van der Waals surface area contributed by atoms with Crippen molar-refractivity contribution in [1.29, 1.82) is 0 Å². The average molecular weight is 222 g/mol. The molecule has 0 fully saturated rings. The molecule has 1 N–H and O–H groups in total. The van der Waals surface area contributed by atoms with Gasteiger partial charge in [0.15, 0.2) is 0 Å². The second-order valence-corrected chi connectivity index (χ2v) is 5.01. The van der Waals surface area contributed by atoms with Gasteiger partial charge in [-0.05, 0) is 17.0 Å². The molecule has 0 bridgehead atoms. The molecule has 4 nitrogen and oxygen atoms in total. The summed E-state index contributed by atoms with van der Waals surface area (Å²) < 4.78 is 0. The highest BCUT2D eigenvalue weighted by Gasteiger charge is 2.25. The minimum atomic E-state index is -0.929. The summed E-state index contributed by atoms with van der Waals surface area (Å²) in [5.41, 5.74) is 0.889. The molecule has 0 aliphatic rings. The molecule has 0 saturated heterocycles. The van der Waals surface area contributed by atoms with Gasteiger partial charge in [0.05, 0.1) is 0 Å². The Morgan fingerprint density at radius 3 is 2.31 bits per heavy atom. The lowest BCUT2D eigenvalue weighted by Crippen LogP contribution is -2.22. The van der Waals surface area contributed by atoms with Crippen LogP contribution in [0.15, 0.2) is 12.3 Å². The van der Waals surface area contributed by atoms with Crippen LogP contribution in [0.1, 0.15) is 36.7 Å². The lowest BCUT2D eigenvalue weighted by atomic mass is 9.84. The van der Waals surface area contributed by atoms with E-state index in [-0.39, 0.29) is 5.41 Å². The summed E-state index contributed by atoms with van der Waals surface area (Å²) in [6.07, 6.45) is 1.66. The molecule has 88 valence electrons. The van der Waals surface area contributed by atoms with Crippen LogP contribution in [0.25, 0.3) is 0 Å². The third-order valence-corrected chi connectivity index (χ3v) is 2.38. The molecular weight excluding hydrogens is 204 g/mol. The van der Waals surface area contributed by atoms with E-state index in [1.165, 1.54) is 0 Å². The Morgan fingerprint density at radius 1 is 1.38 bits per heavy atom. The number of nitrogens with zero attached hydrogens (tertiary/aromatic N) is 2. The lowest BCUT2D eigenvalue weighted by Gasteiger charge is -2.24. The van der Waals surface area contributed by atoms with Crippen molar-refractivity contribution in [2.45, 2.75) is 26.2 Å². The molecule has 0 saturated carbocycles. The Balaban J connectivity index is 3.52. The Hall–Kier alpha value is -1.58. The number of hydrogen-bond donors (Lipinski definition) is 1. The van der Waals surface area contributed by atoms with Gasteiger partial charge in [0, 0.05) is 20.3 Å². The normalized spacial score (nSPS) is 11.3. The molecule has 0 aromatic carbocycles. The summed E-state index contributed by atoms with van der Waals surface area (Å²) in [6, 6.07) is 1.77. The Kier molecular flexibility index (Phi) is 3.21. The van der Waals surface area contributed by atoms with Crippen molar-refractivity contribution < 1.29 is 9.90 Å². The van der Waals surface area contributed by atoms with Crippen LogP contribution in [0, 0.1) is 0 Å². The third-order valence-electron chi connectivity index (χ3n) is 2.38. The van der Waals surface area contributed by atoms with Crippen LogP contribution in [0.4, 0.5) is 5.82 Å². The van der Waals surface area contributed by atoms with E-state index in [2.05, 4.69) is 4.98 Å². The molecular formula is C12H18N2O2. The average Bonchev–Trinajstić information content (AvgIpc) is 2.14. The van der Waals surface area contributed by atoms with Crippen molar-refractivity contribution in [3.63, 3.8) is 0 Å². The van der Waals surface area contributed by atoms with Gasteiger partial charge >= 0.3 is 5.97 Å². The molecule has 0 aliphatic heterocycles. The van der Waals surface area contributed by atoms with E-state index in [0.717, 1.165) is 5.56 Å². The maximum absolute atomic E-state index is 11.3. The summed E-state index contributed by atoms with van der Waals surface area (Å²) in [5.74, 6) is -0.429. The number of anilines is 1. The SMILES string of the molecule is CN(C)c1nccc(C(C)(C)C)c1C(=O)O. The topological polar surface area (TPSA) is 53.4 Å². The highest BCUT2D eigenvalue weighted by molar-refractivity contribution is 5.95. The molecule has 0 radical (unpaired) electrons. The lowest BCUT2D eigenvalue weighted by molar-refractivity contribution is 0.0694. The summed E-state index contributed by atoms with van der Waals surface area (Å²) in [6.45, 7) is 5.98. The van der Waals surface area contributed by atoms with Crippen molar-refractivity contribution in [3.8, 4) is 0 Å². The number of aromatic nitrogens is 1. The fraction of sp³-hybridized carbons (Fsp3) is 0.500. The van der Waals surface area contributed by atoms with Crippen molar-refractivity contribution in [2.75, 3.05) is 19.0 Å². The van der Waals surface area contributed by atoms with Crippen LogP contribution in [0.5, 0.6) is 0 Å². The van der Waals surface area contributed by atoms with E-state index >= 15 is 0 Å². The number of hydrogen-bond acceptors (Lipinski definition) is 3. The number of pyridine rings is 1. The first-order valence-corrected chi connectivity index (χ1v) is 5.15. The van der Waals surface area contributed by atoms with Crippen LogP contribution >= 0.6 is 0 Å². The van der Waals surface area contributed by atoms with Crippen LogP contribution < -0.4 is 4.90 Å². The third kappa shape index (κ3) is 2.32. The molecule has 1 heterocycles. The highest BCUT2D eigenvalue weighted by atomic mass is 16.4. The van der Waals surface area contributed by atoms with Gasteiger partial charge in [0.2, 0.25) is 0 Å². The largest absolute Gasteiger partial charge is 0.478 e. The summed E-state index contributed by atoms with van der Waals surface area (Å²) in [4.78, 5) is 17.2. The maximum Gasteiger partial charge on any atom is 0.339 e. The second kappa shape index (κ2) is 4.12. The van der Waals surface area contributed by atoms with Gasteiger partial charge in [-0.3, -0.25) is 0 Å². The Labute approximate surface area is 95.9 Å². The van der Waals surface area contributed by atoms with E-state index in [9.17, 15) is 9.90 Å². The molecule has 1 rings (SSSR count). The second-order valence-electron chi connectivity index (χ2n) is 5.01. The summed E-state index contributed by atoms with van der Waals surface area (Å²) >= 11 is 0. The van der Waals surface area contributed by atoms with Crippen molar-refractivity contribution >= 4 is 11.8 Å². The van der Waals surface area contributed by atoms with Crippen LogP contribution in [-0.2, 0) is 5.41 Å². The van der Waals surface area contributed by atoms with Gasteiger partial charge < -0.3 is 10.0 Å². The van der Waals surface area contributed by atoms with Gasteiger partial charge in [-0.15, -0.1) is 0 Å². The number of carboxylic acids is 1. The van der Waals surface area contributed by atoms with E-state index in [4.69, 9.17) is 0 Å². The monoisotopic (exact) mass is 222 g/mol. The molecule has 4 heteroatoms. The van der Waals surface area contributed by atoms with Crippen LogP contribution in [0.2, 0.25) is 0 Å². The van der Waals surface area contributed by atoms with E-state index in [0.29, 0.717) is 11.4 Å². The Morgan fingerprint density at radius 2 is 1.94 bits per heavy atom. The summed E-state index contributed by atoms with van der Waals surface area (Å²) in [7, 11) is 3.59. The minimum absolute atomic E-state index is 0.207. The van der Waals surface area contributed by atoms with Gasteiger partial charge in [-0.1, -0.05) is 20.8 Å². The van der Waals surface area contributed by atoms with Crippen molar-refractivity contribution in [3.05, 3.63) is 23.4 Å². The van der Waals surface area contributed by atoms with Gasteiger partial charge in [-0.25, -0.2) is 9.78 Å². The van der Waals surface area contributed by atoms with E-state index in [1.807, 2.05) is 20.8 Å². The van der Waals surface area contributed by atoms with Crippen LogP contribution in [0.3, 0.4) is 0 Å². The maximum atomic E-state index is 11.3. The molecule has 0 unspecified atom stereocenters. The predicted molar refractivity (Wildman–Crippen MR) is 64.2 cm³/mol.